The Kier molecular flexibility index (Phi) is 33.2. The summed E-state index contributed by atoms with van der Waals surface area (Å²) in [4.78, 5) is 22.2. The fourth-order valence-electron chi connectivity index (χ4n) is 6.90. The van der Waals surface area contributed by atoms with Crippen molar-refractivity contribution in [2.75, 3.05) is 0 Å². The molecule has 0 spiro atoms. The molecule has 6 nitrogen and oxygen atoms in total. The van der Waals surface area contributed by atoms with Crippen LogP contribution in [0.15, 0.2) is 48.5 Å². The number of aliphatic carboxylic acids is 2. The maximum Gasteiger partial charge on any atom is 2.00 e. The Balaban J connectivity index is 0.00000108. The maximum absolute atomic E-state index is 11.1. The van der Waals surface area contributed by atoms with Crippen molar-refractivity contribution >= 4 is 35.0 Å². The van der Waals surface area contributed by atoms with Gasteiger partial charge in [-0.3, -0.25) is 0 Å². The SMILES string of the molecule is CCCCCCCCCCCCCCCc1cccc(OC(C)(C)C(=O)[O-])c1.CCCCCCCCCCCCCCCc1cccc(OC(C)(C)C(=O)[O-])c1.[Mg+2]. The minimum Gasteiger partial charge on any atom is -0.546 e. The molecule has 2 aromatic carbocycles. The van der Waals surface area contributed by atoms with Crippen LogP contribution in [-0.2, 0) is 22.4 Å². The van der Waals surface area contributed by atoms with E-state index < -0.39 is 23.1 Å². The van der Waals surface area contributed by atoms with E-state index in [1.54, 1.807) is 12.1 Å². The second-order valence-electron chi connectivity index (χ2n) is 17.1. The predicted octanol–water partition coefficient (Wildman–Crippen LogP) is 12.1. The van der Waals surface area contributed by atoms with Gasteiger partial charge in [-0.05, 0) is 88.8 Å². The smallest absolute Gasteiger partial charge is 0.546 e. The summed E-state index contributed by atoms with van der Waals surface area (Å²) >= 11 is 0. The topological polar surface area (TPSA) is 98.7 Å². The van der Waals surface area contributed by atoms with E-state index in [2.05, 4.69) is 26.0 Å². The average molecular weight is 804 g/mol. The van der Waals surface area contributed by atoms with Gasteiger partial charge in [-0.15, -0.1) is 0 Å². The van der Waals surface area contributed by atoms with Gasteiger partial charge in [0.15, 0.2) is 0 Å². The van der Waals surface area contributed by atoms with Crippen molar-refractivity contribution < 1.29 is 29.3 Å². The van der Waals surface area contributed by atoms with Gasteiger partial charge in [-0.1, -0.05) is 192 Å². The van der Waals surface area contributed by atoms with E-state index in [1.165, 1.54) is 206 Å². The van der Waals surface area contributed by atoms with E-state index in [1.807, 2.05) is 24.3 Å². The van der Waals surface area contributed by atoms with Gasteiger partial charge in [0.05, 0.1) is 11.9 Å². The Morgan fingerprint density at radius 2 is 0.684 bits per heavy atom. The van der Waals surface area contributed by atoms with Gasteiger partial charge in [0.2, 0.25) is 0 Å². The number of hydrogen-bond donors (Lipinski definition) is 0. The van der Waals surface area contributed by atoms with E-state index in [0.717, 1.165) is 12.8 Å². The van der Waals surface area contributed by atoms with Crippen LogP contribution in [0.4, 0.5) is 0 Å². The monoisotopic (exact) mass is 803 g/mol. The number of carbonyl (C=O) groups excluding carboxylic acids is 2. The standard InChI is InChI=1S/2C25H42O3.Mg/c2*1-4-5-6-7-8-9-10-11-12-13-14-15-16-18-22-19-17-20-23(21-22)28-25(2,3)24(26)27;/h2*17,19-21H,4-16,18H2,1-3H3,(H,26,27);/q;;+2/p-2. The summed E-state index contributed by atoms with van der Waals surface area (Å²) in [5.74, 6) is -1.20. The van der Waals surface area contributed by atoms with Gasteiger partial charge in [-0.2, -0.15) is 0 Å². The molecule has 0 bridgehead atoms. The van der Waals surface area contributed by atoms with E-state index in [0.29, 0.717) is 11.5 Å². The number of aryl methyl sites for hydroxylation is 2. The molecule has 0 saturated heterocycles. The molecule has 0 heterocycles. The van der Waals surface area contributed by atoms with Crippen LogP contribution in [0.1, 0.15) is 220 Å². The third-order valence-corrected chi connectivity index (χ3v) is 10.7. The summed E-state index contributed by atoms with van der Waals surface area (Å²) in [6, 6.07) is 15.5. The van der Waals surface area contributed by atoms with Gasteiger partial charge in [0.25, 0.3) is 0 Å². The first-order valence-corrected chi connectivity index (χ1v) is 22.9. The van der Waals surface area contributed by atoms with Crippen molar-refractivity contribution in [3.8, 4) is 11.5 Å². The molecular weight excluding hydrogens is 721 g/mol. The quantitative estimate of drug-likeness (QED) is 0.0516. The first-order valence-electron chi connectivity index (χ1n) is 22.9. The summed E-state index contributed by atoms with van der Waals surface area (Å²) in [6.07, 6.45) is 37.3. The van der Waals surface area contributed by atoms with Gasteiger partial charge in [0.1, 0.15) is 22.7 Å². The number of benzene rings is 2. The first-order chi connectivity index (χ1) is 26.9. The molecule has 7 heteroatoms. The van der Waals surface area contributed by atoms with Crippen molar-refractivity contribution in [1.82, 2.24) is 0 Å². The molecule has 0 fully saturated rings. The van der Waals surface area contributed by atoms with Crippen LogP contribution < -0.4 is 19.7 Å². The Morgan fingerprint density at radius 1 is 0.439 bits per heavy atom. The van der Waals surface area contributed by atoms with Crippen molar-refractivity contribution in [2.45, 2.75) is 233 Å². The van der Waals surface area contributed by atoms with Crippen LogP contribution in [0, 0.1) is 0 Å². The van der Waals surface area contributed by atoms with Crippen LogP contribution in [0.5, 0.6) is 11.5 Å². The molecule has 0 aliphatic carbocycles. The third kappa shape index (κ3) is 29.6. The molecule has 0 N–H and O–H groups in total. The largest absolute Gasteiger partial charge is 2.00 e. The van der Waals surface area contributed by atoms with E-state index >= 15 is 0 Å². The third-order valence-electron chi connectivity index (χ3n) is 10.7. The van der Waals surface area contributed by atoms with Crippen molar-refractivity contribution in [3.63, 3.8) is 0 Å². The minimum absolute atomic E-state index is 0. The maximum atomic E-state index is 11.1. The number of carbonyl (C=O) groups is 2. The molecule has 320 valence electrons. The van der Waals surface area contributed by atoms with Crippen LogP contribution in [0.25, 0.3) is 0 Å². The van der Waals surface area contributed by atoms with E-state index in [4.69, 9.17) is 9.47 Å². The molecular formula is C50H82MgO6. The Labute approximate surface area is 366 Å². The Bertz CT molecular complexity index is 1180. The summed E-state index contributed by atoms with van der Waals surface area (Å²) < 4.78 is 11.1. The molecule has 0 aromatic heterocycles. The molecule has 2 rings (SSSR count). The molecule has 0 radical (unpaired) electrons. The molecule has 0 unspecified atom stereocenters. The van der Waals surface area contributed by atoms with Gasteiger partial charge >= 0.3 is 23.1 Å². The average Bonchev–Trinajstić information content (AvgIpc) is 3.15. The summed E-state index contributed by atoms with van der Waals surface area (Å²) in [5, 5.41) is 22.2. The number of rotatable bonds is 34. The molecule has 0 atom stereocenters. The van der Waals surface area contributed by atoms with E-state index in [9.17, 15) is 19.8 Å². The molecule has 0 aliphatic rings. The Morgan fingerprint density at radius 3 is 0.930 bits per heavy atom. The molecule has 0 aliphatic heterocycles. The van der Waals surface area contributed by atoms with Crippen LogP contribution >= 0.6 is 0 Å². The Hall–Kier alpha value is -2.25. The molecule has 0 amide bonds. The summed E-state index contributed by atoms with van der Waals surface area (Å²) in [6.45, 7) is 10.6. The minimum atomic E-state index is -1.31. The van der Waals surface area contributed by atoms with E-state index in [-0.39, 0.29) is 23.1 Å². The molecule has 57 heavy (non-hydrogen) atoms. The fourth-order valence-corrected chi connectivity index (χ4v) is 6.90. The number of carboxylic acids is 2. The summed E-state index contributed by atoms with van der Waals surface area (Å²) in [7, 11) is 0. The van der Waals surface area contributed by atoms with Crippen LogP contribution in [0.2, 0.25) is 0 Å². The normalized spacial score (nSPS) is 11.3. The van der Waals surface area contributed by atoms with Crippen molar-refractivity contribution in [2.24, 2.45) is 0 Å². The van der Waals surface area contributed by atoms with Crippen molar-refractivity contribution in [1.29, 1.82) is 0 Å². The van der Waals surface area contributed by atoms with Gasteiger partial charge in [-0.25, -0.2) is 0 Å². The number of ether oxygens (including phenoxy) is 2. The predicted molar refractivity (Wildman–Crippen MR) is 237 cm³/mol. The summed E-state index contributed by atoms with van der Waals surface area (Å²) in [5.41, 5.74) is -0.216. The van der Waals surface area contributed by atoms with Crippen molar-refractivity contribution in [3.05, 3.63) is 59.7 Å². The van der Waals surface area contributed by atoms with Crippen LogP contribution in [0.3, 0.4) is 0 Å². The fraction of sp³-hybridized carbons (Fsp3) is 0.720. The second kappa shape index (κ2) is 34.6. The number of hydrogen-bond acceptors (Lipinski definition) is 6. The first kappa shape index (κ1) is 54.7. The second-order valence-corrected chi connectivity index (χ2v) is 17.1. The number of carboxylic acid groups (broad SMARTS) is 2. The van der Waals surface area contributed by atoms with Crippen LogP contribution in [-0.4, -0.2) is 46.2 Å². The van der Waals surface area contributed by atoms with Gasteiger partial charge in [0, 0.05) is 0 Å². The zero-order valence-electron chi connectivity index (χ0n) is 37.6. The molecule has 2 aromatic rings. The number of unbranched alkanes of at least 4 members (excludes halogenated alkanes) is 24. The van der Waals surface area contributed by atoms with Gasteiger partial charge < -0.3 is 29.3 Å². The molecule has 0 saturated carbocycles. The zero-order chi connectivity index (χ0) is 41.3. The zero-order valence-corrected chi connectivity index (χ0v) is 39.0.